The van der Waals surface area contributed by atoms with Crippen molar-refractivity contribution < 1.29 is 4.52 Å². The number of rotatable bonds is 1. The zero-order chi connectivity index (χ0) is 12.9. The molecule has 0 bridgehead atoms. The summed E-state index contributed by atoms with van der Waals surface area (Å²) in [4.78, 5) is 7.76. The van der Waals surface area contributed by atoms with Gasteiger partial charge >= 0.3 is 0 Å². The van der Waals surface area contributed by atoms with Crippen LogP contribution in [-0.4, -0.2) is 15.1 Å². The van der Waals surface area contributed by atoms with Gasteiger partial charge < -0.3 is 9.51 Å². The molecule has 18 heavy (non-hydrogen) atoms. The molecule has 92 valence electrons. The second kappa shape index (κ2) is 3.70. The Hall–Kier alpha value is -2.10. The molecule has 4 heteroatoms. The van der Waals surface area contributed by atoms with Crippen molar-refractivity contribution >= 4 is 11.0 Å². The molecule has 0 aliphatic rings. The first-order valence-corrected chi connectivity index (χ1v) is 5.96. The van der Waals surface area contributed by atoms with E-state index in [1.807, 2.05) is 20.8 Å². The molecule has 0 atom stereocenters. The quantitative estimate of drug-likeness (QED) is 0.710. The molecule has 0 saturated heterocycles. The molecule has 0 fully saturated rings. The van der Waals surface area contributed by atoms with E-state index in [2.05, 4.69) is 34.2 Å². The number of aromatic amines is 1. The molecule has 4 nitrogen and oxygen atoms in total. The SMILES string of the molecule is Cc1nc2c(C)cc(-c3c(C)noc3C)cc2[nH]1. The van der Waals surface area contributed by atoms with E-state index in [0.717, 1.165) is 45.0 Å². The highest BCUT2D eigenvalue weighted by molar-refractivity contribution is 5.85. The van der Waals surface area contributed by atoms with Gasteiger partial charge in [-0.05, 0) is 51.0 Å². The Morgan fingerprint density at radius 1 is 1.11 bits per heavy atom. The second-order valence-electron chi connectivity index (χ2n) is 4.71. The molecule has 0 aliphatic heterocycles. The average molecular weight is 241 g/mol. The van der Waals surface area contributed by atoms with Crippen molar-refractivity contribution in [2.75, 3.05) is 0 Å². The number of nitrogens with zero attached hydrogens (tertiary/aromatic N) is 2. The maximum absolute atomic E-state index is 5.23. The number of hydrogen-bond acceptors (Lipinski definition) is 3. The minimum absolute atomic E-state index is 0.850. The van der Waals surface area contributed by atoms with Crippen LogP contribution in [0.2, 0.25) is 0 Å². The summed E-state index contributed by atoms with van der Waals surface area (Å²) in [6, 6.07) is 4.24. The highest BCUT2D eigenvalue weighted by Gasteiger charge is 2.14. The van der Waals surface area contributed by atoms with Crippen molar-refractivity contribution in [3.63, 3.8) is 0 Å². The van der Waals surface area contributed by atoms with Gasteiger partial charge in [-0.1, -0.05) is 5.16 Å². The molecule has 0 unspecified atom stereocenters. The predicted molar refractivity (Wildman–Crippen MR) is 70.5 cm³/mol. The first-order valence-electron chi connectivity index (χ1n) is 5.96. The Bertz CT molecular complexity index is 717. The third-order valence-electron chi connectivity index (χ3n) is 3.22. The molecule has 2 heterocycles. The molecule has 0 radical (unpaired) electrons. The van der Waals surface area contributed by atoms with Crippen LogP contribution in [-0.2, 0) is 0 Å². The van der Waals surface area contributed by atoms with Gasteiger partial charge in [-0.3, -0.25) is 0 Å². The largest absolute Gasteiger partial charge is 0.361 e. The van der Waals surface area contributed by atoms with Crippen LogP contribution in [0.4, 0.5) is 0 Å². The molecular weight excluding hydrogens is 226 g/mol. The number of benzene rings is 1. The number of H-pyrrole nitrogens is 1. The van der Waals surface area contributed by atoms with Crippen LogP contribution in [0.5, 0.6) is 0 Å². The molecule has 1 N–H and O–H groups in total. The summed E-state index contributed by atoms with van der Waals surface area (Å²) in [5.41, 5.74) is 6.37. The first kappa shape index (κ1) is 11.0. The molecule has 1 aromatic carbocycles. The Kier molecular flexibility index (Phi) is 2.26. The summed E-state index contributed by atoms with van der Waals surface area (Å²) in [5.74, 6) is 1.78. The molecule has 0 amide bonds. The van der Waals surface area contributed by atoms with Crippen molar-refractivity contribution in [2.45, 2.75) is 27.7 Å². The van der Waals surface area contributed by atoms with Gasteiger partial charge in [0.1, 0.15) is 11.6 Å². The smallest absolute Gasteiger partial charge is 0.141 e. The van der Waals surface area contributed by atoms with Crippen LogP contribution in [0.3, 0.4) is 0 Å². The third kappa shape index (κ3) is 1.53. The van der Waals surface area contributed by atoms with Crippen LogP contribution in [0.25, 0.3) is 22.2 Å². The number of nitrogens with one attached hydrogen (secondary N) is 1. The lowest BCUT2D eigenvalue weighted by Crippen LogP contribution is -1.85. The molecular formula is C14H15N3O. The van der Waals surface area contributed by atoms with Gasteiger partial charge in [0.25, 0.3) is 0 Å². The normalized spacial score (nSPS) is 11.3. The van der Waals surface area contributed by atoms with E-state index in [9.17, 15) is 0 Å². The molecule has 0 aliphatic carbocycles. The first-order chi connectivity index (χ1) is 8.56. The summed E-state index contributed by atoms with van der Waals surface area (Å²) in [6.07, 6.45) is 0. The Labute approximate surface area is 105 Å². The number of hydrogen-bond donors (Lipinski definition) is 1. The van der Waals surface area contributed by atoms with Crippen molar-refractivity contribution in [3.8, 4) is 11.1 Å². The topological polar surface area (TPSA) is 54.7 Å². The number of aromatic nitrogens is 3. The molecule has 0 spiro atoms. The lowest BCUT2D eigenvalue weighted by atomic mass is 10.0. The summed E-state index contributed by atoms with van der Waals surface area (Å²) in [7, 11) is 0. The van der Waals surface area contributed by atoms with Gasteiger partial charge in [-0.2, -0.15) is 0 Å². The average Bonchev–Trinajstić information content (AvgIpc) is 2.82. The summed E-state index contributed by atoms with van der Waals surface area (Å²) in [6.45, 7) is 7.94. The maximum Gasteiger partial charge on any atom is 0.141 e. The molecule has 0 saturated carbocycles. The zero-order valence-electron chi connectivity index (χ0n) is 11.0. The fourth-order valence-electron chi connectivity index (χ4n) is 2.45. The van der Waals surface area contributed by atoms with E-state index in [0.29, 0.717) is 0 Å². The zero-order valence-corrected chi connectivity index (χ0v) is 11.0. The fraction of sp³-hybridized carbons (Fsp3) is 0.286. The fourth-order valence-corrected chi connectivity index (χ4v) is 2.45. The van der Waals surface area contributed by atoms with Gasteiger partial charge in [0.05, 0.1) is 16.7 Å². The molecule has 3 aromatic rings. The Morgan fingerprint density at radius 3 is 2.56 bits per heavy atom. The minimum atomic E-state index is 0.850. The van der Waals surface area contributed by atoms with Crippen molar-refractivity contribution in [2.24, 2.45) is 0 Å². The highest BCUT2D eigenvalue weighted by Crippen LogP contribution is 2.30. The van der Waals surface area contributed by atoms with E-state index >= 15 is 0 Å². The van der Waals surface area contributed by atoms with Crippen LogP contribution in [0.1, 0.15) is 22.8 Å². The maximum atomic E-state index is 5.23. The van der Waals surface area contributed by atoms with E-state index in [4.69, 9.17) is 4.52 Å². The second-order valence-corrected chi connectivity index (χ2v) is 4.71. The highest BCUT2D eigenvalue weighted by atomic mass is 16.5. The number of aryl methyl sites for hydroxylation is 4. The van der Waals surface area contributed by atoms with Crippen LogP contribution < -0.4 is 0 Å². The lowest BCUT2D eigenvalue weighted by Gasteiger charge is -2.03. The lowest BCUT2D eigenvalue weighted by molar-refractivity contribution is 0.393. The van der Waals surface area contributed by atoms with E-state index < -0.39 is 0 Å². The summed E-state index contributed by atoms with van der Waals surface area (Å²) in [5, 5.41) is 4.01. The molecule has 3 rings (SSSR count). The van der Waals surface area contributed by atoms with Gasteiger partial charge in [0, 0.05) is 5.56 Å². The monoisotopic (exact) mass is 241 g/mol. The minimum Gasteiger partial charge on any atom is -0.361 e. The van der Waals surface area contributed by atoms with Crippen molar-refractivity contribution in [1.29, 1.82) is 0 Å². The van der Waals surface area contributed by atoms with Gasteiger partial charge in [0.2, 0.25) is 0 Å². The van der Waals surface area contributed by atoms with Gasteiger partial charge in [-0.15, -0.1) is 0 Å². The van der Waals surface area contributed by atoms with Gasteiger partial charge in [-0.25, -0.2) is 4.98 Å². The van der Waals surface area contributed by atoms with Crippen LogP contribution >= 0.6 is 0 Å². The van der Waals surface area contributed by atoms with Crippen LogP contribution in [0.15, 0.2) is 16.7 Å². The molecule has 2 aromatic heterocycles. The van der Waals surface area contributed by atoms with E-state index in [1.165, 1.54) is 0 Å². The van der Waals surface area contributed by atoms with Crippen LogP contribution in [0, 0.1) is 27.7 Å². The number of fused-ring (bicyclic) bond motifs is 1. The Morgan fingerprint density at radius 2 is 1.89 bits per heavy atom. The third-order valence-corrected chi connectivity index (χ3v) is 3.22. The van der Waals surface area contributed by atoms with Crippen molar-refractivity contribution in [3.05, 3.63) is 35.0 Å². The standard InChI is InChI=1S/C14H15N3O/c1-7-5-11(13-8(2)17-18-9(13)3)6-12-14(7)16-10(4)15-12/h5-6H,1-4H3,(H,15,16). The number of imidazole rings is 1. The van der Waals surface area contributed by atoms with Gasteiger partial charge in [0.15, 0.2) is 0 Å². The summed E-state index contributed by atoms with van der Waals surface area (Å²) >= 11 is 0. The van der Waals surface area contributed by atoms with E-state index in [-0.39, 0.29) is 0 Å². The van der Waals surface area contributed by atoms with E-state index in [1.54, 1.807) is 0 Å². The predicted octanol–water partition coefficient (Wildman–Crippen LogP) is 3.45. The van der Waals surface area contributed by atoms with Crippen molar-refractivity contribution in [1.82, 2.24) is 15.1 Å². The Balaban J connectivity index is 2.30. The summed E-state index contributed by atoms with van der Waals surface area (Å²) < 4.78 is 5.23.